The highest BCUT2D eigenvalue weighted by Gasteiger charge is 2.16. The summed E-state index contributed by atoms with van der Waals surface area (Å²) in [6, 6.07) is 12.9. The second-order valence-corrected chi connectivity index (χ2v) is 5.64. The van der Waals surface area contributed by atoms with E-state index in [2.05, 4.69) is 10.3 Å². The molecule has 24 heavy (non-hydrogen) atoms. The lowest BCUT2D eigenvalue weighted by atomic mass is 10.1. The number of hydrogen-bond donors (Lipinski definition) is 1. The summed E-state index contributed by atoms with van der Waals surface area (Å²) in [5.74, 6) is 1.08. The van der Waals surface area contributed by atoms with Crippen LogP contribution in [0.15, 0.2) is 48.7 Å². The fourth-order valence-corrected chi connectivity index (χ4v) is 2.80. The van der Waals surface area contributed by atoms with Gasteiger partial charge in [0.05, 0.1) is 11.2 Å². The summed E-state index contributed by atoms with van der Waals surface area (Å²) in [5, 5.41) is 3.88. The lowest BCUT2D eigenvalue weighted by Crippen LogP contribution is -2.17. The molecule has 0 radical (unpaired) electrons. The molecule has 0 aliphatic carbocycles. The second-order valence-electron chi connectivity index (χ2n) is 5.64. The van der Waals surface area contributed by atoms with Crippen molar-refractivity contribution >= 4 is 22.5 Å². The van der Waals surface area contributed by atoms with Crippen LogP contribution in [0.3, 0.4) is 0 Å². The Morgan fingerprint density at radius 1 is 1.08 bits per heavy atom. The number of benzene rings is 2. The van der Waals surface area contributed by atoms with Crippen LogP contribution in [0.1, 0.15) is 15.9 Å². The van der Waals surface area contributed by atoms with Crippen molar-refractivity contribution in [1.82, 2.24) is 4.98 Å². The summed E-state index contributed by atoms with van der Waals surface area (Å²) in [5.41, 5.74) is 3.22. The minimum Gasteiger partial charge on any atom is -0.486 e. The first-order valence-corrected chi connectivity index (χ1v) is 7.78. The Labute approximate surface area is 139 Å². The maximum Gasteiger partial charge on any atom is 0.255 e. The van der Waals surface area contributed by atoms with Crippen molar-refractivity contribution in [3.05, 3.63) is 59.8 Å². The van der Waals surface area contributed by atoms with E-state index < -0.39 is 0 Å². The predicted octanol–water partition coefficient (Wildman–Crippen LogP) is 3.57. The van der Waals surface area contributed by atoms with E-state index >= 15 is 0 Å². The number of nitrogens with one attached hydrogen (secondary N) is 1. The highest BCUT2D eigenvalue weighted by molar-refractivity contribution is 6.09. The number of ether oxygens (including phenoxy) is 2. The highest BCUT2D eigenvalue weighted by atomic mass is 16.6. The Kier molecular flexibility index (Phi) is 3.54. The molecule has 0 saturated carbocycles. The summed E-state index contributed by atoms with van der Waals surface area (Å²) >= 11 is 0. The number of aryl methyl sites for hydroxylation is 1. The first-order chi connectivity index (χ1) is 11.7. The summed E-state index contributed by atoms with van der Waals surface area (Å²) in [6.07, 6.45) is 1.75. The van der Waals surface area contributed by atoms with Gasteiger partial charge in [0.15, 0.2) is 11.5 Å². The van der Waals surface area contributed by atoms with Crippen molar-refractivity contribution in [1.29, 1.82) is 0 Å². The quantitative estimate of drug-likeness (QED) is 0.784. The smallest absolute Gasteiger partial charge is 0.255 e. The number of hydrogen-bond acceptors (Lipinski definition) is 4. The molecule has 1 amide bonds. The number of rotatable bonds is 2. The average molecular weight is 320 g/mol. The Balaban J connectivity index is 1.66. The molecule has 4 rings (SSSR count). The van der Waals surface area contributed by atoms with Crippen LogP contribution in [0.5, 0.6) is 11.5 Å². The average Bonchev–Trinajstić information content (AvgIpc) is 2.64. The lowest BCUT2D eigenvalue weighted by Gasteiger charge is -2.18. The monoisotopic (exact) mass is 320 g/mol. The molecular formula is C19H16N2O3. The van der Waals surface area contributed by atoms with Gasteiger partial charge in [0.25, 0.3) is 5.91 Å². The number of carbonyl (C=O) groups is 1. The van der Waals surface area contributed by atoms with Crippen molar-refractivity contribution in [3.63, 3.8) is 0 Å². The lowest BCUT2D eigenvalue weighted by molar-refractivity contribution is 0.102. The molecule has 0 bridgehead atoms. The molecule has 1 aromatic heterocycles. The van der Waals surface area contributed by atoms with E-state index in [0.29, 0.717) is 30.3 Å². The normalized spacial score (nSPS) is 12.9. The van der Waals surface area contributed by atoms with Gasteiger partial charge in [-0.3, -0.25) is 9.78 Å². The van der Waals surface area contributed by atoms with Gasteiger partial charge in [0.2, 0.25) is 0 Å². The van der Waals surface area contributed by atoms with Crippen LogP contribution < -0.4 is 14.8 Å². The molecule has 0 atom stereocenters. The maximum absolute atomic E-state index is 12.6. The summed E-state index contributed by atoms with van der Waals surface area (Å²) in [6.45, 7) is 3.02. The van der Waals surface area contributed by atoms with Gasteiger partial charge in [-0.25, -0.2) is 0 Å². The number of pyridine rings is 1. The van der Waals surface area contributed by atoms with E-state index in [-0.39, 0.29) is 5.91 Å². The molecular weight excluding hydrogens is 304 g/mol. The molecule has 0 unspecified atom stereocenters. The SMILES string of the molecule is Cc1ccc(NC(=O)c2ccc3c(c2)OCCO3)c2cccnc12. The van der Waals surface area contributed by atoms with E-state index in [1.54, 1.807) is 24.4 Å². The first kappa shape index (κ1) is 14.5. The molecule has 0 spiro atoms. The van der Waals surface area contributed by atoms with Gasteiger partial charge in [-0.1, -0.05) is 6.07 Å². The van der Waals surface area contributed by atoms with Crippen molar-refractivity contribution in [2.75, 3.05) is 18.5 Å². The summed E-state index contributed by atoms with van der Waals surface area (Å²) in [4.78, 5) is 17.0. The fourth-order valence-electron chi connectivity index (χ4n) is 2.80. The third-order valence-electron chi connectivity index (χ3n) is 4.02. The third-order valence-corrected chi connectivity index (χ3v) is 4.02. The second kappa shape index (κ2) is 5.85. The van der Waals surface area contributed by atoms with Crippen LogP contribution in [-0.2, 0) is 0 Å². The van der Waals surface area contributed by atoms with Crippen LogP contribution in [0, 0.1) is 6.92 Å². The van der Waals surface area contributed by atoms with Crippen LogP contribution in [0.4, 0.5) is 5.69 Å². The van der Waals surface area contributed by atoms with E-state index in [4.69, 9.17) is 9.47 Å². The van der Waals surface area contributed by atoms with Crippen molar-refractivity contribution in [3.8, 4) is 11.5 Å². The van der Waals surface area contributed by atoms with E-state index in [9.17, 15) is 4.79 Å². The van der Waals surface area contributed by atoms with Gasteiger partial charge < -0.3 is 14.8 Å². The zero-order valence-electron chi connectivity index (χ0n) is 13.2. The summed E-state index contributed by atoms with van der Waals surface area (Å²) in [7, 11) is 0. The van der Waals surface area contributed by atoms with E-state index in [0.717, 1.165) is 22.2 Å². The van der Waals surface area contributed by atoms with E-state index in [1.807, 2.05) is 31.2 Å². The Hall–Kier alpha value is -3.08. The molecule has 1 aliphatic rings. The Bertz CT molecular complexity index is 937. The number of carbonyl (C=O) groups excluding carboxylic acids is 1. The highest BCUT2D eigenvalue weighted by Crippen LogP contribution is 2.31. The standard InChI is InChI=1S/C19H16N2O3/c1-12-4-6-15(14-3-2-8-20-18(12)14)21-19(22)13-5-7-16-17(11-13)24-10-9-23-16/h2-8,11H,9-10H2,1H3,(H,21,22). The van der Waals surface area contributed by atoms with Crippen LogP contribution in [0.2, 0.25) is 0 Å². The molecule has 2 heterocycles. The van der Waals surface area contributed by atoms with Crippen LogP contribution in [0.25, 0.3) is 10.9 Å². The molecule has 0 fully saturated rings. The topological polar surface area (TPSA) is 60.5 Å². The van der Waals surface area contributed by atoms with Crippen molar-refractivity contribution in [2.45, 2.75) is 6.92 Å². The first-order valence-electron chi connectivity index (χ1n) is 7.78. The Morgan fingerprint density at radius 3 is 2.79 bits per heavy atom. The zero-order valence-corrected chi connectivity index (χ0v) is 13.2. The van der Waals surface area contributed by atoms with Gasteiger partial charge in [0.1, 0.15) is 13.2 Å². The molecule has 0 saturated heterocycles. The molecule has 5 heteroatoms. The number of nitrogens with zero attached hydrogens (tertiary/aromatic N) is 1. The number of anilines is 1. The van der Waals surface area contributed by atoms with E-state index in [1.165, 1.54) is 0 Å². The largest absolute Gasteiger partial charge is 0.486 e. The molecule has 2 aromatic carbocycles. The minimum absolute atomic E-state index is 0.194. The minimum atomic E-state index is -0.194. The predicted molar refractivity (Wildman–Crippen MR) is 91.9 cm³/mol. The molecule has 1 aliphatic heterocycles. The maximum atomic E-state index is 12.6. The summed E-state index contributed by atoms with van der Waals surface area (Å²) < 4.78 is 11.0. The fraction of sp³-hybridized carbons (Fsp3) is 0.158. The van der Waals surface area contributed by atoms with Crippen LogP contribution in [-0.4, -0.2) is 24.1 Å². The molecule has 1 N–H and O–H groups in total. The van der Waals surface area contributed by atoms with Crippen molar-refractivity contribution in [2.24, 2.45) is 0 Å². The van der Waals surface area contributed by atoms with Gasteiger partial charge in [-0.15, -0.1) is 0 Å². The zero-order chi connectivity index (χ0) is 16.5. The number of amides is 1. The van der Waals surface area contributed by atoms with Gasteiger partial charge in [-0.05, 0) is 48.9 Å². The molecule has 5 nitrogen and oxygen atoms in total. The van der Waals surface area contributed by atoms with Crippen molar-refractivity contribution < 1.29 is 14.3 Å². The van der Waals surface area contributed by atoms with Crippen LogP contribution >= 0.6 is 0 Å². The number of aromatic nitrogens is 1. The number of fused-ring (bicyclic) bond motifs is 2. The molecule has 120 valence electrons. The van der Waals surface area contributed by atoms with Gasteiger partial charge in [-0.2, -0.15) is 0 Å². The van der Waals surface area contributed by atoms with Gasteiger partial charge in [0, 0.05) is 17.1 Å². The Morgan fingerprint density at radius 2 is 1.92 bits per heavy atom. The van der Waals surface area contributed by atoms with Gasteiger partial charge >= 0.3 is 0 Å². The third kappa shape index (κ3) is 2.54. The molecule has 3 aromatic rings.